The van der Waals surface area contributed by atoms with Crippen molar-refractivity contribution in [2.45, 2.75) is 13.8 Å². The van der Waals surface area contributed by atoms with Gasteiger partial charge in [0.05, 0.1) is 0 Å². The molecule has 2 N–H and O–H groups in total. The van der Waals surface area contributed by atoms with Crippen molar-refractivity contribution in [3.63, 3.8) is 0 Å². The number of hydrazine groups is 1. The minimum atomic E-state index is -0.427. The Kier molecular flexibility index (Phi) is 5.14. The fraction of sp³-hybridized carbons (Fsp3) is 0.176. The average Bonchev–Trinajstić information content (AvgIpc) is 2.52. The van der Waals surface area contributed by atoms with Crippen molar-refractivity contribution in [1.29, 1.82) is 0 Å². The lowest BCUT2D eigenvalue weighted by atomic mass is 10.1. The molecule has 5 nitrogen and oxygen atoms in total. The molecule has 114 valence electrons. The van der Waals surface area contributed by atoms with Gasteiger partial charge < -0.3 is 4.74 Å². The Labute approximate surface area is 129 Å². The average molecular weight is 298 g/mol. The third-order valence-electron chi connectivity index (χ3n) is 3.04. The van der Waals surface area contributed by atoms with E-state index in [0.29, 0.717) is 11.3 Å². The SMILES string of the molecule is Cc1ccc(OCC(=O)NNC(=O)c2ccccc2)c(C)c1. The number of benzene rings is 2. The van der Waals surface area contributed by atoms with Gasteiger partial charge in [0.15, 0.2) is 6.61 Å². The van der Waals surface area contributed by atoms with Crippen LogP contribution in [-0.2, 0) is 4.79 Å². The van der Waals surface area contributed by atoms with Crippen molar-refractivity contribution in [1.82, 2.24) is 10.9 Å². The van der Waals surface area contributed by atoms with Crippen molar-refractivity contribution in [3.05, 3.63) is 65.2 Å². The molecule has 2 rings (SSSR count). The maximum atomic E-state index is 11.7. The van der Waals surface area contributed by atoms with E-state index in [1.54, 1.807) is 24.3 Å². The minimum Gasteiger partial charge on any atom is -0.483 e. The summed E-state index contributed by atoms with van der Waals surface area (Å²) < 4.78 is 5.43. The zero-order valence-corrected chi connectivity index (χ0v) is 12.6. The van der Waals surface area contributed by atoms with E-state index in [2.05, 4.69) is 10.9 Å². The van der Waals surface area contributed by atoms with E-state index < -0.39 is 5.91 Å². The zero-order chi connectivity index (χ0) is 15.9. The predicted molar refractivity (Wildman–Crippen MR) is 83.5 cm³/mol. The molecule has 0 heterocycles. The molecule has 0 unspecified atom stereocenters. The maximum absolute atomic E-state index is 11.7. The quantitative estimate of drug-likeness (QED) is 0.850. The second-order valence-electron chi connectivity index (χ2n) is 4.93. The van der Waals surface area contributed by atoms with Gasteiger partial charge in [0.25, 0.3) is 11.8 Å². The standard InChI is InChI=1S/C17H18N2O3/c1-12-8-9-15(13(2)10-12)22-11-16(20)18-19-17(21)14-6-4-3-5-7-14/h3-10H,11H2,1-2H3,(H,18,20)(H,19,21). The van der Waals surface area contributed by atoms with Crippen molar-refractivity contribution in [2.24, 2.45) is 0 Å². The fourth-order valence-corrected chi connectivity index (χ4v) is 1.93. The highest BCUT2D eigenvalue weighted by Crippen LogP contribution is 2.18. The first-order valence-corrected chi connectivity index (χ1v) is 6.90. The molecule has 0 saturated carbocycles. The fourth-order valence-electron chi connectivity index (χ4n) is 1.93. The van der Waals surface area contributed by atoms with Gasteiger partial charge in [-0.05, 0) is 37.6 Å². The first-order valence-electron chi connectivity index (χ1n) is 6.90. The molecule has 0 aliphatic carbocycles. The Morgan fingerprint density at radius 2 is 1.73 bits per heavy atom. The summed E-state index contributed by atoms with van der Waals surface area (Å²) in [5, 5.41) is 0. The molecule has 0 aliphatic heterocycles. The highest BCUT2D eigenvalue weighted by Gasteiger charge is 2.08. The number of nitrogens with one attached hydrogen (secondary N) is 2. The van der Waals surface area contributed by atoms with Crippen molar-refractivity contribution < 1.29 is 14.3 Å². The number of amides is 2. The normalized spacial score (nSPS) is 9.91. The number of carbonyl (C=O) groups is 2. The van der Waals surface area contributed by atoms with Gasteiger partial charge in [0.2, 0.25) is 0 Å². The number of hydrogen-bond donors (Lipinski definition) is 2. The Hall–Kier alpha value is -2.82. The van der Waals surface area contributed by atoms with Gasteiger partial charge >= 0.3 is 0 Å². The van der Waals surface area contributed by atoms with Crippen LogP contribution in [0.25, 0.3) is 0 Å². The molecule has 0 fully saturated rings. The number of aryl methyl sites for hydroxylation is 2. The summed E-state index contributed by atoms with van der Waals surface area (Å²) in [6.45, 7) is 3.74. The summed E-state index contributed by atoms with van der Waals surface area (Å²) in [5.41, 5.74) is 7.22. The first kappa shape index (κ1) is 15.6. The van der Waals surface area contributed by atoms with Crippen LogP contribution >= 0.6 is 0 Å². The van der Waals surface area contributed by atoms with Gasteiger partial charge in [-0.25, -0.2) is 0 Å². The Morgan fingerprint density at radius 1 is 1.00 bits per heavy atom. The largest absolute Gasteiger partial charge is 0.483 e. The molecule has 0 aromatic heterocycles. The van der Waals surface area contributed by atoms with Gasteiger partial charge in [-0.3, -0.25) is 20.4 Å². The van der Waals surface area contributed by atoms with E-state index in [1.807, 2.05) is 38.1 Å². The smallest absolute Gasteiger partial charge is 0.276 e. The van der Waals surface area contributed by atoms with Crippen molar-refractivity contribution in [3.8, 4) is 5.75 Å². The Balaban J connectivity index is 1.80. The Morgan fingerprint density at radius 3 is 2.41 bits per heavy atom. The molecular formula is C17H18N2O3. The van der Waals surface area contributed by atoms with E-state index in [-0.39, 0.29) is 12.5 Å². The van der Waals surface area contributed by atoms with E-state index in [4.69, 9.17) is 4.74 Å². The molecule has 0 atom stereocenters. The summed E-state index contributed by atoms with van der Waals surface area (Å²) in [4.78, 5) is 23.4. The lowest BCUT2D eigenvalue weighted by Gasteiger charge is -2.10. The van der Waals surface area contributed by atoms with Gasteiger partial charge in [-0.1, -0.05) is 35.9 Å². The second-order valence-corrected chi connectivity index (χ2v) is 4.93. The molecule has 5 heteroatoms. The summed E-state index contributed by atoms with van der Waals surface area (Å²) in [6, 6.07) is 14.3. The number of rotatable bonds is 4. The van der Waals surface area contributed by atoms with Crippen molar-refractivity contribution >= 4 is 11.8 Å². The predicted octanol–water partition coefficient (Wildman–Crippen LogP) is 2.14. The molecule has 0 radical (unpaired) electrons. The van der Waals surface area contributed by atoms with Crippen LogP contribution in [0.15, 0.2) is 48.5 Å². The van der Waals surface area contributed by atoms with E-state index in [0.717, 1.165) is 11.1 Å². The molecule has 0 aliphatic rings. The molecule has 0 bridgehead atoms. The third kappa shape index (κ3) is 4.34. The summed E-state index contributed by atoms with van der Waals surface area (Å²) >= 11 is 0. The highest BCUT2D eigenvalue weighted by molar-refractivity contribution is 5.95. The number of carbonyl (C=O) groups excluding carboxylic acids is 2. The zero-order valence-electron chi connectivity index (χ0n) is 12.6. The minimum absolute atomic E-state index is 0.168. The van der Waals surface area contributed by atoms with Crippen LogP contribution in [0.5, 0.6) is 5.75 Å². The van der Waals surface area contributed by atoms with Crippen LogP contribution in [0.1, 0.15) is 21.5 Å². The summed E-state index contributed by atoms with van der Waals surface area (Å²) in [7, 11) is 0. The first-order chi connectivity index (χ1) is 10.6. The number of hydrogen-bond acceptors (Lipinski definition) is 3. The molecule has 22 heavy (non-hydrogen) atoms. The second kappa shape index (κ2) is 7.26. The Bertz CT molecular complexity index is 669. The topological polar surface area (TPSA) is 67.4 Å². The van der Waals surface area contributed by atoms with Crippen LogP contribution in [0.2, 0.25) is 0 Å². The highest BCUT2D eigenvalue weighted by atomic mass is 16.5. The lowest BCUT2D eigenvalue weighted by Crippen LogP contribution is -2.43. The maximum Gasteiger partial charge on any atom is 0.276 e. The van der Waals surface area contributed by atoms with E-state index in [9.17, 15) is 9.59 Å². The van der Waals surface area contributed by atoms with Gasteiger partial charge in [-0.2, -0.15) is 0 Å². The lowest BCUT2D eigenvalue weighted by molar-refractivity contribution is -0.123. The summed E-state index contributed by atoms with van der Waals surface area (Å²) in [6.07, 6.45) is 0. The van der Waals surface area contributed by atoms with Crippen LogP contribution in [0.4, 0.5) is 0 Å². The van der Waals surface area contributed by atoms with Crippen molar-refractivity contribution in [2.75, 3.05) is 6.61 Å². The van der Waals surface area contributed by atoms with E-state index >= 15 is 0 Å². The van der Waals surface area contributed by atoms with Crippen LogP contribution < -0.4 is 15.6 Å². The molecular weight excluding hydrogens is 280 g/mol. The van der Waals surface area contributed by atoms with Gasteiger partial charge in [0.1, 0.15) is 5.75 Å². The van der Waals surface area contributed by atoms with Crippen LogP contribution in [-0.4, -0.2) is 18.4 Å². The van der Waals surface area contributed by atoms with Gasteiger partial charge in [-0.15, -0.1) is 0 Å². The molecule has 0 spiro atoms. The number of ether oxygens (including phenoxy) is 1. The molecule has 0 saturated heterocycles. The van der Waals surface area contributed by atoms with Crippen LogP contribution in [0.3, 0.4) is 0 Å². The molecule has 2 aromatic rings. The monoisotopic (exact) mass is 298 g/mol. The van der Waals surface area contributed by atoms with E-state index in [1.165, 1.54) is 0 Å². The summed E-state index contributed by atoms with van der Waals surface area (Å²) in [5.74, 6) is -0.153. The molecule has 2 aromatic carbocycles. The molecule has 2 amide bonds. The van der Waals surface area contributed by atoms with Crippen LogP contribution in [0, 0.1) is 13.8 Å². The van der Waals surface area contributed by atoms with Gasteiger partial charge in [0, 0.05) is 5.56 Å². The third-order valence-corrected chi connectivity index (χ3v) is 3.04.